The van der Waals surface area contributed by atoms with Crippen LogP contribution in [0.5, 0.6) is 0 Å². The summed E-state index contributed by atoms with van der Waals surface area (Å²) in [7, 11) is 0. The van der Waals surface area contributed by atoms with Gasteiger partial charge in [0.1, 0.15) is 12.7 Å². The Kier molecular flexibility index (Phi) is 6.70. The van der Waals surface area contributed by atoms with Crippen LogP contribution in [-0.4, -0.2) is 35.6 Å². The van der Waals surface area contributed by atoms with Crippen molar-refractivity contribution in [3.05, 3.63) is 89.5 Å². The van der Waals surface area contributed by atoms with E-state index in [2.05, 4.69) is 35.0 Å². The van der Waals surface area contributed by atoms with Gasteiger partial charge < -0.3 is 25.7 Å². The van der Waals surface area contributed by atoms with Crippen molar-refractivity contribution in [1.82, 2.24) is 5.32 Å². The zero-order valence-electron chi connectivity index (χ0n) is 17.6. The maximum absolute atomic E-state index is 12.2. The molecule has 2 unspecified atom stereocenters. The molecule has 1 aliphatic rings. The maximum Gasteiger partial charge on any atom is 0.407 e. The van der Waals surface area contributed by atoms with Gasteiger partial charge in [0.05, 0.1) is 11.8 Å². The third kappa shape index (κ3) is 4.45. The number of alkyl carbamates (subject to hydrolysis) is 1. The normalized spacial score (nSPS) is 14.2. The number of benzene rings is 3. The molecule has 166 valence electrons. The van der Waals surface area contributed by atoms with Crippen molar-refractivity contribution in [1.29, 1.82) is 0 Å². The molecule has 0 saturated heterocycles. The Morgan fingerprint density at radius 2 is 1.53 bits per heavy atom. The minimum Gasteiger partial charge on any atom is -0.449 e. The number of amides is 1. The third-order valence-electron chi connectivity index (χ3n) is 5.85. The summed E-state index contributed by atoms with van der Waals surface area (Å²) in [5.41, 5.74) is 8.15. The van der Waals surface area contributed by atoms with Gasteiger partial charge in [0.2, 0.25) is 0 Å². The number of fused-ring (bicyclic) bond motifs is 3. The van der Waals surface area contributed by atoms with Crippen molar-refractivity contribution in [2.45, 2.75) is 24.5 Å². The van der Waals surface area contributed by atoms with E-state index in [1.54, 1.807) is 24.3 Å². The highest BCUT2D eigenvalue weighted by Crippen LogP contribution is 2.44. The summed E-state index contributed by atoms with van der Waals surface area (Å²) in [6, 6.07) is 23.2. The lowest BCUT2D eigenvalue weighted by Gasteiger charge is -2.21. The van der Waals surface area contributed by atoms with E-state index in [4.69, 9.17) is 10.6 Å². The molecule has 4 rings (SSSR count). The Balaban J connectivity index is 1.29. The lowest BCUT2D eigenvalue weighted by atomic mass is 9.98. The summed E-state index contributed by atoms with van der Waals surface area (Å²) in [5.74, 6) is 5.44. The van der Waals surface area contributed by atoms with Crippen molar-refractivity contribution in [3.8, 4) is 11.1 Å². The lowest BCUT2D eigenvalue weighted by molar-refractivity contribution is 0.0140. The molecule has 7 nitrogen and oxygen atoms in total. The largest absolute Gasteiger partial charge is 0.449 e. The molecular formula is C25H27N3O4. The zero-order valence-corrected chi connectivity index (χ0v) is 17.6. The fraction of sp³-hybridized carbons (Fsp3) is 0.240. The molecule has 0 bridgehead atoms. The van der Waals surface area contributed by atoms with Crippen molar-refractivity contribution >= 4 is 11.8 Å². The summed E-state index contributed by atoms with van der Waals surface area (Å²) in [4.78, 5) is 12.2. The highest BCUT2D eigenvalue weighted by Gasteiger charge is 2.29. The van der Waals surface area contributed by atoms with Gasteiger partial charge in [0.15, 0.2) is 0 Å². The molecule has 1 amide bonds. The molecule has 0 fully saturated rings. The van der Waals surface area contributed by atoms with E-state index in [1.807, 2.05) is 24.3 Å². The number of rotatable bonds is 8. The number of hydrogen-bond acceptors (Lipinski definition) is 6. The Morgan fingerprint density at radius 3 is 2.19 bits per heavy atom. The molecule has 0 saturated carbocycles. The van der Waals surface area contributed by atoms with Gasteiger partial charge in [0, 0.05) is 18.0 Å². The van der Waals surface area contributed by atoms with Crippen LogP contribution < -0.4 is 16.6 Å². The van der Waals surface area contributed by atoms with Crippen LogP contribution >= 0.6 is 0 Å². The van der Waals surface area contributed by atoms with Gasteiger partial charge in [-0.2, -0.15) is 0 Å². The predicted octanol–water partition coefficient (Wildman–Crippen LogP) is 3.30. The number of anilines is 1. The van der Waals surface area contributed by atoms with Crippen LogP contribution in [-0.2, 0) is 4.74 Å². The minimum atomic E-state index is -1.13. The fourth-order valence-corrected chi connectivity index (χ4v) is 4.22. The molecule has 6 N–H and O–H groups in total. The average molecular weight is 434 g/mol. The quantitative estimate of drug-likeness (QED) is 0.275. The topological polar surface area (TPSA) is 117 Å². The summed E-state index contributed by atoms with van der Waals surface area (Å²) in [5, 5.41) is 23.4. The number of carbonyl (C=O) groups excluding carboxylic acids is 1. The predicted molar refractivity (Wildman–Crippen MR) is 123 cm³/mol. The first-order chi connectivity index (χ1) is 15.6. The Labute approximate surface area is 186 Å². The van der Waals surface area contributed by atoms with Crippen LogP contribution in [0, 0.1) is 0 Å². The van der Waals surface area contributed by atoms with E-state index in [0.717, 1.165) is 11.1 Å². The molecule has 0 radical (unpaired) electrons. The molecule has 0 spiro atoms. The van der Waals surface area contributed by atoms with Gasteiger partial charge in [-0.05, 0) is 34.7 Å². The zero-order chi connectivity index (χ0) is 22.5. The van der Waals surface area contributed by atoms with E-state index >= 15 is 0 Å². The Hall–Kier alpha value is -3.39. The Bertz CT molecular complexity index is 1040. The first-order valence-corrected chi connectivity index (χ1v) is 10.6. The van der Waals surface area contributed by atoms with Gasteiger partial charge in [-0.3, -0.25) is 5.84 Å². The SMILES string of the molecule is NNc1ccccc1C(O)C(O)CCNC(=O)OCC1c2ccccc2-c2ccccc21. The maximum atomic E-state index is 12.2. The standard InChI is InChI=1S/C25H27N3O4/c26-28-22-12-6-5-11-20(22)24(30)23(29)13-14-27-25(31)32-15-21-18-9-3-1-7-16(18)17-8-2-4-10-19(17)21/h1-12,21,23-24,28-30H,13-15,26H2,(H,27,31). The molecule has 0 aliphatic heterocycles. The number of nitrogen functional groups attached to an aromatic ring is 1. The molecule has 0 aromatic heterocycles. The van der Waals surface area contributed by atoms with Gasteiger partial charge >= 0.3 is 6.09 Å². The second-order valence-electron chi connectivity index (χ2n) is 7.78. The molecule has 1 aliphatic carbocycles. The lowest BCUT2D eigenvalue weighted by Crippen LogP contribution is -2.31. The van der Waals surface area contributed by atoms with Crippen LogP contribution in [0.3, 0.4) is 0 Å². The van der Waals surface area contributed by atoms with Gasteiger partial charge in [-0.25, -0.2) is 4.79 Å². The number of ether oxygens (including phenoxy) is 1. The number of carbonyl (C=O) groups is 1. The second kappa shape index (κ2) is 9.82. The number of nitrogens with one attached hydrogen (secondary N) is 2. The van der Waals surface area contributed by atoms with Crippen molar-refractivity contribution in [2.75, 3.05) is 18.6 Å². The third-order valence-corrected chi connectivity index (χ3v) is 5.85. The number of aliphatic hydroxyl groups excluding tert-OH is 2. The van der Waals surface area contributed by atoms with Crippen molar-refractivity contribution in [2.24, 2.45) is 5.84 Å². The van der Waals surface area contributed by atoms with E-state index in [-0.39, 0.29) is 25.5 Å². The molecule has 32 heavy (non-hydrogen) atoms. The molecule has 0 heterocycles. The second-order valence-corrected chi connectivity index (χ2v) is 7.78. The van der Waals surface area contributed by atoms with Crippen LogP contribution in [0.15, 0.2) is 72.8 Å². The monoisotopic (exact) mass is 433 g/mol. The first kappa shape index (κ1) is 21.8. The van der Waals surface area contributed by atoms with Crippen LogP contribution in [0.1, 0.15) is 35.1 Å². The van der Waals surface area contributed by atoms with Crippen LogP contribution in [0.4, 0.5) is 10.5 Å². The van der Waals surface area contributed by atoms with E-state index < -0.39 is 18.3 Å². The molecule has 7 heteroatoms. The number of para-hydroxylation sites is 1. The van der Waals surface area contributed by atoms with Crippen LogP contribution in [0.25, 0.3) is 11.1 Å². The molecular weight excluding hydrogens is 406 g/mol. The van der Waals surface area contributed by atoms with Gasteiger partial charge in [0.25, 0.3) is 0 Å². The highest BCUT2D eigenvalue weighted by atomic mass is 16.5. The Morgan fingerprint density at radius 1 is 0.938 bits per heavy atom. The van der Waals surface area contributed by atoms with Crippen LogP contribution in [0.2, 0.25) is 0 Å². The summed E-state index contributed by atoms with van der Waals surface area (Å²) in [6.07, 6.45) is -2.60. The molecule has 3 aromatic rings. The van der Waals surface area contributed by atoms with Gasteiger partial charge in [-0.1, -0.05) is 66.7 Å². The number of hydrogen-bond donors (Lipinski definition) is 5. The number of aliphatic hydroxyl groups is 2. The van der Waals surface area contributed by atoms with E-state index in [9.17, 15) is 15.0 Å². The van der Waals surface area contributed by atoms with Gasteiger partial charge in [-0.15, -0.1) is 0 Å². The summed E-state index contributed by atoms with van der Waals surface area (Å²) >= 11 is 0. The summed E-state index contributed by atoms with van der Waals surface area (Å²) in [6.45, 7) is 0.383. The van der Waals surface area contributed by atoms with E-state index in [0.29, 0.717) is 11.3 Å². The number of nitrogens with two attached hydrogens (primary N) is 1. The average Bonchev–Trinajstić information content (AvgIpc) is 3.16. The molecule has 2 atom stereocenters. The minimum absolute atomic E-state index is 0.0131. The van der Waals surface area contributed by atoms with E-state index in [1.165, 1.54) is 11.1 Å². The fourth-order valence-electron chi connectivity index (χ4n) is 4.22. The first-order valence-electron chi connectivity index (χ1n) is 10.6. The van der Waals surface area contributed by atoms with Crippen molar-refractivity contribution < 1.29 is 19.7 Å². The molecule has 3 aromatic carbocycles. The van der Waals surface area contributed by atoms with Crippen molar-refractivity contribution in [3.63, 3.8) is 0 Å². The smallest absolute Gasteiger partial charge is 0.407 e. The summed E-state index contributed by atoms with van der Waals surface area (Å²) < 4.78 is 5.48. The highest BCUT2D eigenvalue weighted by molar-refractivity contribution is 5.79. The number of hydrazine groups is 1.